The average Bonchev–Trinajstić information content (AvgIpc) is 2.79. The number of nitrogen functional groups attached to an aromatic ring is 1. The number of benzene rings is 1. The molecule has 4 nitrogen and oxygen atoms in total. The first kappa shape index (κ1) is 13.2. The van der Waals surface area contributed by atoms with Crippen molar-refractivity contribution in [2.24, 2.45) is 0 Å². The van der Waals surface area contributed by atoms with Gasteiger partial charge in [0.1, 0.15) is 17.5 Å². The van der Waals surface area contributed by atoms with Crippen molar-refractivity contribution in [1.29, 1.82) is 0 Å². The van der Waals surface area contributed by atoms with Gasteiger partial charge in [0.15, 0.2) is 11.6 Å². The van der Waals surface area contributed by atoms with Crippen molar-refractivity contribution in [3.63, 3.8) is 0 Å². The molecular weight excluding hydrogens is 283 g/mol. The molecule has 0 aliphatic rings. The Labute approximate surface area is 117 Å². The van der Waals surface area contributed by atoms with Gasteiger partial charge in [-0.15, -0.1) is 0 Å². The maximum absolute atomic E-state index is 13.3. The molecule has 0 aliphatic carbocycles. The van der Waals surface area contributed by atoms with Crippen LogP contribution in [-0.4, -0.2) is 10.1 Å². The predicted octanol–water partition coefficient (Wildman–Crippen LogP) is 3.40. The monoisotopic (exact) mass is 291 g/mol. The highest BCUT2D eigenvalue weighted by Crippen LogP contribution is 2.36. The molecule has 0 aliphatic heterocycles. The Morgan fingerprint density at radius 2 is 1.52 bits per heavy atom. The third kappa shape index (κ3) is 2.45. The standard InChI is InChI=1S/C14H8F3N3O/c15-9-1-7(2-10(16)4-9)12-13(21-20-14(12)18)8-3-11(17)6-19-5-8/h1-6H,(H2,18,20). The number of nitrogens with zero attached hydrogens (tertiary/aromatic N) is 2. The second kappa shape index (κ2) is 4.93. The van der Waals surface area contributed by atoms with Gasteiger partial charge in [0.05, 0.1) is 11.8 Å². The van der Waals surface area contributed by atoms with Gasteiger partial charge in [0.2, 0.25) is 0 Å². The maximum Gasteiger partial charge on any atom is 0.178 e. The molecule has 3 rings (SSSR count). The number of nitrogens with two attached hydrogens (primary N) is 1. The van der Waals surface area contributed by atoms with Gasteiger partial charge in [0, 0.05) is 17.8 Å². The van der Waals surface area contributed by atoms with E-state index in [1.165, 1.54) is 6.20 Å². The van der Waals surface area contributed by atoms with Crippen LogP contribution in [0.3, 0.4) is 0 Å². The quantitative estimate of drug-likeness (QED) is 0.786. The third-order valence-electron chi connectivity index (χ3n) is 2.84. The minimum Gasteiger partial charge on any atom is -0.380 e. The Bertz CT molecular complexity index is 797. The summed E-state index contributed by atoms with van der Waals surface area (Å²) in [5.41, 5.74) is 6.27. The summed E-state index contributed by atoms with van der Waals surface area (Å²) >= 11 is 0. The van der Waals surface area contributed by atoms with Gasteiger partial charge in [-0.2, -0.15) is 0 Å². The number of halogens is 3. The van der Waals surface area contributed by atoms with Crippen LogP contribution in [0.25, 0.3) is 22.5 Å². The molecule has 3 aromatic rings. The highest BCUT2D eigenvalue weighted by molar-refractivity contribution is 5.86. The molecule has 0 saturated carbocycles. The van der Waals surface area contributed by atoms with Crippen molar-refractivity contribution in [2.45, 2.75) is 0 Å². The molecular formula is C14H8F3N3O. The molecule has 2 heterocycles. The van der Waals surface area contributed by atoms with Gasteiger partial charge in [-0.3, -0.25) is 4.98 Å². The number of anilines is 1. The van der Waals surface area contributed by atoms with E-state index in [2.05, 4.69) is 10.1 Å². The van der Waals surface area contributed by atoms with E-state index in [0.717, 1.165) is 30.5 Å². The van der Waals surface area contributed by atoms with E-state index in [1.54, 1.807) is 0 Å². The summed E-state index contributed by atoms with van der Waals surface area (Å²) < 4.78 is 45.0. The topological polar surface area (TPSA) is 64.9 Å². The molecule has 7 heteroatoms. The molecule has 0 saturated heterocycles. The summed E-state index contributed by atoms with van der Waals surface area (Å²) in [5.74, 6) is -2.09. The molecule has 0 atom stereocenters. The summed E-state index contributed by atoms with van der Waals surface area (Å²) in [5, 5.41) is 3.57. The van der Waals surface area contributed by atoms with Gasteiger partial charge in [-0.05, 0) is 23.8 Å². The van der Waals surface area contributed by atoms with Crippen LogP contribution in [0.5, 0.6) is 0 Å². The zero-order valence-corrected chi connectivity index (χ0v) is 10.5. The lowest BCUT2D eigenvalue weighted by atomic mass is 10.0. The number of rotatable bonds is 2. The van der Waals surface area contributed by atoms with Crippen LogP contribution >= 0.6 is 0 Å². The number of hydrogen-bond donors (Lipinski definition) is 1. The average molecular weight is 291 g/mol. The van der Waals surface area contributed by atoms with Crippen LogP contribution < -0.4 is 5.73 Å². The minimum absolute atomic E-state index is 0.0562. The zero-order valence-electron chi connectivity index (χ0n) is 10.5. The fourth-order valence-corrected chi connectivity index (χ4v) is 2.01. The first-order valence-electron chi connectivity index (χ1n) is 5.87. The Kier molecular flexibility index (Phi) is 3.09. The molecule has 0 amide bonds. The van der Waals surface area contributed by atoms with Gasteiger partial charge in [0.25, 0.3) is 0 Å². The molecule has 0 unspecified atom stereocenters. The maximum atomic E-state index is 13.3. The Balaban J connectivity index is 2.22. The van der Waals surface area contributed by atoms with Crippen LogP contribution in [0.2, 0.25) is 0 Å². The first-order valence-corrected chi connectivity index (χ1v) is 5.87. The van der Waals surface area contributed by atoms with Gasteiger partial charge in [-0.1, -0.05) is 5.16 Å². The van der Waals surface area contributed by atoms with Crippen molar-refractivity contribution in [3.05, 3.63) is 54.1 Å². The van der Waals surface area contributed by atoms with E-state index in [4.69, 9.17) is 10.3 Å². The number of hydrogen-bond acceptors (Lipinski definition) is 4. The summed E-state index contributed by atoms with van der Waals surface area (Å²) in [6.45, 7) is 0. The lowest BCUT2D eigenvalue weighted by Crippen LogP contribution is -1.91. The van der Waals surface area contributed by atoms with E-state index >= 15 is 0 Å². The molecule has 1 aromatic carbocycles. The highest BCUT2D eigenvalue weighted by Gasteiger charge is 2.19. The molecule has 2 N–H and O–H groups in total. The lowest BCUT2D eigenvalue weighted by molar-refractivity contribution is 0.435. The predicted molar refractivity (Wildman–Crippen MR) is 69.5 cm³/mol. The molecule has 2 aromatic heterocycles. The van der Waals surface area contributed by atoms with E-state index in [9.17, 15) is 13.2 Å². The number of aromatic nitrogens is 2. The normalized spacial score (nSPS) is 10.8. The van der Waals surface area contributed by atoms with Gasteiger partial charge < -0.3 is 10.3 Å². The Morgan fingerprint density at radius 1 is 0.857 bits per heavy atom. The van der Waals surface area contributed by atoms with Crippen molar-refractivity contribution >= 4 is 5.82 Å². The van der Waals surface area contributed by atoms with Crippen LogP contribution in [0.1, 0.15) is 0 Å². The smallest absolute Gasteiger partial charge is 0.178 e. The zero-order chi connectivity index (χ0) is 15.0. The van der Waals surface area contributed by atoms with E-state index < -0.39 is 17.5 Å². The summed E-state index contributed by atoms with van der Waals surface area (Å²) in [4.78, 5) is 3.69. The van der Waals surface area contributed by atoms with Crippen molar-refractivity contribution < 1.29 is 17.7 Å². The van der Waals surface area contributed by atoms with Crippen molar-refractivity contribution in [3.8, 4) is 22.5 Å². The molecule has 0 radical (unpaired) electrons. The third-order valence-corrected chi connectivity index (χ3v) is 2.84. The molecule has 0 bridgehead atoms. The summed E-state index contributed by atoms with van der Waals surface area (Å²) in [7, 11) is 0. The van der Waals surface area contributed by atoms with Crippen LogP contribution in [0, 0.1) is 17.5 Å². The molecule has 106 valence electrons. The second-order valence-electron chi connectivity index (χ2n) is 4.32. The molecule has 0 fully saturated rings. The Hall–Kier alpha value is -2.83. The van der Waals surface area contributed by atoms with Crippen LogP contribution in [0.4, 0.5) is 19.0 Å². The largest absolute Gasteiger partial charge is 0.380 e. The number of pyridine rings is 1. The molecule has 21 heavy (non-hydrogen) atoms. The van der Waals surface area contributed by atoms with E-state index in [0.29, 0.717) is 0 Å². The Morgan fingerprint density at radius 3 is 2.19 bits per heavy atom. The second-order valence-corrected chi connectivity index (χ2v) is 4.32. The van der Waals surface area contributed by atoms with E-state index in [1.807, 2.05) is 0 Å². The van der Waals surface area contributed by atoms with Gasteiger partial charge >= 0.3 is 0 Å². The first-order chi connectivity index (χ1) is 10.0. The van der Waals surface area contributed by atoms with Gasteiger partial charge in [-0.25, -0.2) is 13.2 Å². The van der Waals surface area contributed by atoms with Crippen LogP contribution in [-0.2, 0) is 0 Å². The van der Waals surface area contributed by atoms with Crippen molar-refractivity contribution in [1.82, 2.24) is 10.1 Å². The fourth-order valence-electron chi connectivity index (χ4n) is 2.01. The summed E-state index contributed by atoms with van der Waals surface area (Å²) in [6.07, 6.45) is 2.35. The van der Waals surface area contributed by atoms with Crippen molar-refractivity contribution in [2.75, 3.05) is 5.73 Å². The lowest BCUT2D eigenvalue weighted by Gasteiger charge is -2.03. The SMILES string of the molecule is Nc1noc(-c2cncc(F)c2)c1-c1cc(F)cc(F)c1. The van der Waals surface area contributed by atoms with Crippen LogP contribution in [0.15, 0.2) is 41.2 Å². The fraction of sp³-hybridized carbons (Fsp3) is 0. The van der Waals surface area contributed by atoms with E-state index in [-0.39, 0.29) is 28.3 Å². The minimum atomic E-state index is -0.770. The molecule has 0 spiro atoms. The highest BCUT2D eigenvalue weighted by atomic mass is 19.1. The summed E-state index contributed by atoms with van der Waals surface area (Å²) in [6, 6.07) is 4.06.